The van der Waals surface area contributed by atoms with Crippen LogP contribution < -0.4 is 4.72 Å². The van der Waals surface area contributed by atoms with Gasteiger partial charge >= 0.3 is 0 Å². The van der Waals surface area contributed by atoms with Crippen molar-refractivity contribution >= 4 is 48.9 Å². The first-order valence-corrected chi connectivity index (χ1v) is 9.61. The van der Waals surface area contributed by atoms with Crippen molar-refractivity contribution in [1.29, 1.82) is 0 Å². The summed E-state index contributed by atoms with van der Waals surface area (Å²) in [6.07, 6.45) is 0. The predicted molar refractivity (Wildman–Crippen MR) is 87.2 cm³/mol. The zero-order valence-electron chi connectivity index (χ0n) is 10.7. The summed E-state index contributed by atoms with van der Waals surface area (Å²) >= 11 is 10.4. The fraction of sp³-hybridized carbons (Fsp3) is 0.231. The van der Waals surface area contributed by atoms with E-state index in [2.05, 4.69) is 20.7 Å². The first kappa shape index (κ1) is 16.0. The maximum atomic E-state index is 12.2. The molecule has 0 atom stereocenters. The summed E-state index contributed by atoms with van der Waals surface area (Å²) in [4.78, 5) is 0. The standard InChI is InChI=1S/C13H13BrClNO2S2/c1-9-5-12(19-13(9)15)20(17,18)16-8-11-4-2-3-10(6-11)7-14/h2-6,16H,7-8H2,1H3. The number of alkyl halides is 1. The zero-order chi connectivity index (χ0) is 14.8. The van der Waals surface area contributed by atoms with Crippen LogP contribution in [0, 0.1) is 6.92 Å². The van der Waals surface area contributed by atoms with E-state index in [-0.39, 0.29) is 10.8 Å². The molecular weight excluding hydrogens is 382 g/mol. The number of nitrogens with one attached hydrogen (secondary N) is 1. The van der Waals surface area contributed by atoms with E-state index in [1.54, 1.807) is 13.0 Å². The average Bonchev–Trinajstić information content (AvgIpc) is 2.78. The van der Waals surface area contributed by atoms with E-state index in [1.165, 1.54) is 0 Å². The molecule has 0 unspecified atom stereocenters. The molecule has 0 bridgehead atoms. The number of hydrogen-bond donors (Lipinski definition) is 1. The summed E-state index contributed by atoms with van der Waals surface area (Å²) < 4.78 is 27.7. The molecule has 2 rings (SSSR count). The van der Waals surface area contributed by atoms with Gasteiger partial charge in [0, 0.05) is 11.9 Å². The minimum atomic E-state index is -3.51. The third kappa shape index (κ3) is 3.83. The highest BCUT2D eigenvalue weighted by Gasteiger charge is 2.18. The molecule has 20 heavy (non-hydrogen) atoms. The fourth-order valence-electron chi connectivity index (χ4n) is 1.64. The molecule has 0 aliphatic rings. The topological polar surface area (TPSA) is 46.2 Å². The summed E-state index contributed by atoms with van der Waals surface area (Å²) in [6, 6.07) is 9.33. The van der Waals surface area contributed by atoms with Gasteiger partial charge in [0.15, 0.2) is 0 Å². The van der Waals surface area contributed by atoms with E-state index in [9.17, 15) is 8.42 Å². The minimum absolute atomic E-state index is 0.247. The van der Waals surface area contributed by atoms with E-state index in [0.29, 0.717) is 4.34 Å². The van der Waals surface area contributed by atoms with Gasteiger partial charge in [0.05, 0.1) is 4.34 Å². The monoisotopic (exact) mass is 393 g/mol. The van der Waals surface area contributed by atoms with Crippen molar-refractivity contribution in [3.8, 4) is 0 Å². The SMILES string of the molecule is Cc1cc(S(=O)(=O)NCc2cccc(CBr)c2)sc1Cl. The molecule has 0 aliphatic heterocycles. The molecule has 2 aromatic rings. The smallest absolute Gasteiger partial charge is 0.206 e. The van der Waals surface area contributed by atoms with Gasteiger partial charge in [-0.05, 0) is 29.7 Å². The normalized spacial score (nSPS) is 11.8. The Morgan fingerprint density at radius 3 is 2.60 bits per heavy atom. The van der Waals surface area contributed by atoms with Crippen LogP contribution >= 0.6 is 38.9 Å². The van der Waals surface area contributed by atoms with Crippen LogP contribution in [0.1, 0.15) is 16.7 Å². The van der Waals surface area contributed by atoms with Crippen LogP contribution in [-0.2, 0) is 21.9 Å². The van der Waals surface area contributed by atoms with Gasteiger partial charge in [-0.25, -0.2) is 13.1 Å². The molecule has 0 spiro atoms. The first-order chi connectivity index (χ1) is 9.42. The molecule has 1 aromatic heterocycles. The van der Waals surface area contributed by atoms with Crippen LogP contribution in [0.2, 0.25) is 4.34 Å². The summed E-state index contributed by atoms with van der Waals surface area (Å²) in [6.45, 7) is 2.05. The molecule has 7 heteroatoms. The lowest BCUT2D eigenvalue weighted by Gasteiger charge is -2.06. The Morgan fingerprint density at radius 1 is 1.30 bits per heavy atom. The maximum absolute atomic E-state index is 12.2. The first-order valence-electron chi connectivity index (χ1n) is 5.82. The number of benzene rings is 1. The summed E-state index contributed by atoms with van der Waals surface area (Å²) in [5.41, 5.74) is 2.81. The Hall–Kier alpha value is -0.400. The van der Waals surface area contributed by atoms with E-state index >= 15 is 0 Å². The molecule has 1 aromatic carbocycles. The molecule has 0 saturated heterocycles. The fourth-order valence-corrected chi connectivity index (χ4v) is 4.76. The van der Waals surface area contributed by atoms with Crippen molar-refractivity contribution in [2.45, 2.75) is 23.0 Å². The highest BCUT2D eigenvalue weighted by atomic mass is 79.9. The van der Waals surface area contributed by atoms with Gasteiger partial charge < -0.3 is 0 Å². The second-order valence-electron chi connectivity index (χ2n) is 4.30. The summed E-state index contributed by atoms with van der Waals surface area (Å²) in [5, 5.41) is 0.743. The van der Waals surface area contributed by atoms with Gasteiger partial charge in [0.1, 0.15) is 4.21 Å². The zero-order valence-corrected chi connectivity index (χ0v) is 14.7. The Balaban J connectivity index is 2.12. The average molecular weight is 395 g/mol. The van der Waals surface area contributed by atoms with E-state index in [1.807, 2.05) is 24.3 Å². The van der Waals surface area contributed by atoms with Crippen molar-refractivity contribution in [2.75, 3.05) is 0 Å². The van der Waals surface area contributed by atoms with Gasteiger partial charge in [-0.2, -0.15) is 0 Å². The Morgan fingerprint density at radius 2 is 2.00 bits per heavy atom. The third-order valence-electron chi connectivity index (χ3n) is 2.71. The molecule has 0 radical (unpaired) electrons. The number of aryl methyl sites for hydroxylation is 1. The Bertz CT molecular complexity index is 693. The van der Waals surface area contributed by atoms with E-state index in [0.717, 1.165) is 33.4 Å². The maximum Gasteiger partial charge on any atom is 0.250 e. The molecule has 0 saturated carbocycles. The molecule has 0 aliphatic carbocycles. The van der Waals surface area contributed by atoms with Crippen molar-refractivity contribution in [3.63, 3.8) is 0 Å². The largest absolute Gasteiger partial charge is 0.250 e. The van der Waals surface area contributed by atoms with Gasteiger partial charge in [-0.3, -0.25) is 0 Å². The lowest BCUT2D eigenvalue weighted by atomic mass is 10.1. The molecule has 0 fully saturated rings. The number of sulfonamides is 1. The molecular formula is C13H13BrClNO2S2. The number of halogens is 2. The molecule has 0 amide bonds. The second kappa shape index (κ2) is 6.58. The highest BCUT2D eigenvalue weighted by molar-refractivity contribution is 9.08. The Labute approximate surface area is 136 Å². The molecule has 108 valence electrons. The molecule has 3 nitrogen and oxygen atoms in total. The quantitative estimate of drug-likeness (QED) is 0.777. The second-order valence-corrected chi connectivity index (χ2v) is 8.51. The van der Waals surface area contributed by atoms with Crippen LogP contribution in [-0.4, -0.2) is 8.42 Å². The molecule has 1 heterocycles. The Kier molecular flexibility index (Phi) is 5.25. The minimum Gasteiger partial charge on any atom is -0.206 e. The third-order valence-corrected chi connectivity index (χ3v) is 6.79. The van der Waals surface area contributed by atoms with Crippen molar-refractivity contribution < 1.29 is 8.42 Å². The lowest BCUT2D eigenvalue weighted by molar-refractivity contribution is 0.583. The van der Waals surface area contributed by atoms with Gasteiger partial charge in [-0.1, -0.05) is 51.8 Å². The van der Waals surface area contributed by atoms with E-state index in [4.69, 9.17) is 11.6 Å². The van der Waals surface area contributed by atoms with Gasteiger partial charge in [0.25, 0.3) is 0 Å². The van der Waals surface area contributed by atoms with Crippen molar-refractivity contribution in [1.82, 2.24) is 4.72 Å². The van der Waals surface area contributed by atoms with Crippen LogP contribution in [0.5, 0.6) is 0 Å². The van der Waals surface area contributed by atoms with Crippen LogP contribution in [0.15, 0.2) is 34.5 Å². The van der Waals surface area contributed by atoms with Crippen molar-refractivity contribution in [3.05, 3.63) is 51.4 Å². The van der Waals surface area contributed by atoms with Crippen LogP contribution in [0.4, 0.5) is 0 Å². The summed E-state index contributed by atoms with van der Waals surface area (Å²) in [5.74, 6) is 0. The van der Waals surface area contributed by atoms with Gasteiger partial charge in [-0.15, -0.1) is 11.3 Å². The highest BCUT2D eigenvalue weighted by Crippen LogP contribution is 2.30. The van der Waals surface area contributed by atoms with E-state index < -0.39 is 10.0 Å². The van der Waals surface area contributed by atoms with Crippen LogP contribution in [0.3, 0.4) is 0 Å². The van der Waals surface area contributed by atoms with Gasteiger partial charge in [0.2, 0.25) is 10.0 Å². The number of rotatable bonds is 5. The van der Waals surface area contributed by atoms with Crippen molar-refractivity contribution in [2.24, 2.45) is 0 Å². The predicted octanol–water partition coefficient (Wildman–Crippen LogP) is 4.08. The lowest BCUT2D eigenvalue weighted by Crippen LogP contribution is -2.22. The molecule has 1 N–H and O–H groups in total. The number of hydrogen-bond acceptors (Lipinski definition) is 3. The summed E-state index contributed by atoms with van der Waals surface area (Å²) in [7, 11) is -3.51. The van der Waals surface area contributed by atoms with Crippen LogP contribution in [0.25, 0.3) is 0 Å². The number of thiophene rings is 1.